The Morgan fingerprint density at radius 1 is 1.21 bits per heavy atom. The van der Waals surface area contributed by atoms with E-state index in [0.717, 1.165) is 60.2 Å². The fraction of sp³-hybridized carbons (Fsp3) is 0.357. The molecule has 3 heterocycles. The van der Waals surface area contributed by atoms with E-state index in [0.29, 0.717) is 10.8 Å². The Bertz CT molecular complexity index is 1450. The molecule has 2 saturated heterocycles. The molecule has 1 aromatic heterocycles. The highest BCUT2D eigenvalue weighted by Gasteiger charge is 2.39. The van der Waals surface area contributed by atoms with Crippen LogP contribution in [0, 0.1) is 6.92 Å². The molecule has 0 radical (unpaired) electrons. The summed E-state index contributed by atoms with van der Waals surface area (Å²) in [7, 11) is -3.27. The first-order valence-corrected chi connectivity index (χ1v) is 14.7. The summed E-state index contributed by atoms with van der Waals surface area (Å²) in [6.07, 6.45) is 10.1. The number of aryl methyl sites for hydroxylation is 1. The summed E-state index contributed by atoms with van der Waals surface area (Å²) in [5, 5.41) is 0.686. The number of nitrogens with zero attached hydrogens (tertiary/aromatic N) is 3. The summed E-state index contributed by atoms with van der Waals surface area (Å²) in [6, 6.07) is 13.8. The number of ether oxygens (including phenoxy) is 1. The average Bonchev–Trinajstić information content (AvgIpc) is 3.29. The molecule has 2 aliphatic rings. The van der Waals surface area contributed by atoms with Crippen LogP contribution in [-0.2, 0) is 20.6 Å². The Morgan fingerprint density at radius 2 is 1.97 bits per heavy atom. The van der Waals surface area contributed by atoms with Gasteiger partial charge in [-0.15, -0.1) is 0 Å². The van der Waals surface area contributed by atoms with Gasteiger partial charge >= 0.3 is 0 Å². The van der Waals surface area contributed by atoms with Crippen molar-refractivity contribution in [3.63, 3.8) is 0 Å². The second-order valence-corrected chi connectivity index (χ2v) is 11.6. The van der Waals surface area contributed by atoms with Crippen LogP contribution in [0.3, 0.4) is 0 Å². The number of aromatic nitrogens is 2. The molecule has 39 heavy (non-hydrogen) atoms. The number of benzene rings is 2. The summed E-state index contributed by atoms with van der Waals surface area (Å²) in [5.41, 5.74) is 4.19. The van der Waals surface area contributed by atoms with Crippen LogP contribution in [0.15, 0.2) is 60.6 Å². The number of rotatable bonds is 7. The van der Waals surface area contributed by atoms with Crippen LogP contribution < -0.4 is 14.2 Å². The van der Waals surface area contributed by atoms with Crippen LogP contribution in [0.1, 0.15) is 55.0 Å². The molecule has 0 bridgehead atoms. The maximum absolute atomic E-state index is 13.8. The van der Waals surface area contributed by atoms with E-state index in [1.807, 2.05) is 48.5 Å². The third kappa shape index (κ3) is 6.13. The molecule has 5 rings (SSSR count). The van der Waals surface area contributed by atoms with Crippen molar-refractivity contribution in [1.29, 1.82) is 0 Å². The van der Waals surface area contributed by atoms with Crippen LogP contribution in [-0.4, -0.2) is 33.4 Å². The Labute approximate surface area is 232 Å². The van der Waals surface area contributed by atoms with Crippen molar-refractivity contribution in [2.75, 3.05) is 7.11 Å². The first kappa shape index (κ1) is 27.6. The first-order chi connectivity index (χ1) is 18.6. The molecule has 0 aliphatic carbocycles. The highest BCUT2D eigenvalue weighted by molar-refractivity contribution is 7.44. The number of hydrogen-bond acceptors (Lipinski definition) is 5. The zero-order valence-corrected chi connectivity index (χ0v) is 23.5. The number of fused-ring (bicyclic) bond motifs is 1. The zero-order chi connectivity index (χ0) is 27.7. The molecule has 206 valence electrons. The van der Waals surface area contributed by atoms with Gasteiger partial charge < -0.3 is 19.4 Å². The quantitative estimate of drug-likeness (QED) is 0.255. The lowest BCUT2D eigenvalue weighted by Gasteiger charge is -2.46. The Hall–Kier alpha value is -2.94. The molecule has 9 nitrogen and oxygen atoms in total. The van der Waals surface area contributed by atoms with E-state index in [9.17, 15) is 14.3 Å². The second-order valence-electron chi connectivity index (χ2n) is 9.99. The predicted molar refractivity (Wildman–Crippen MR) is 144 cm³/mol. The van der Waals surface area contributed by atoms with Gasteiger partial charge in [0.05, 0.1) is 13.2 Å². The molecular formula is C28H31ClN3O6P. The Morgan fingerprint density at radius 3 is 2.69 bits per heavy atom. The van der Waals surface area contributed by atoms with Gasteiger partial charge in [0.1, 0.15) is 11.9 Å². The van der Waals surface area contributed by atoms with Crippen molar-refractivity contribution in [1.82, 2.24) is 9.47 Å². The molecule has 3 aromatic rings. The molecule has 2 fully saturated rings. The minimum Gasteiger partial charge on any atom is -0.756 e. The first-order valence-electron chi connectivity index (χ1n) is 12.9. The van der Waals surface area contributed by atoms with E-state index >= 15 is 0 Å². The van der Waals surface area contributed by atoms with E-state index in [1.54, 1.807) is 35.7 Å². The lowest BCUT2D eigenvalue weighted by Crippen LogP contribution is -2.49. The molecule has 1 amide bonds. The monoisotopic (exact) mass is 571 g/mol. The maximum Gasteiger partial charge on any atom is 0.268 e. The number of methoxy groups -OCH3 is 1. The number of halogens is 1. The fourth-order valence-corrected chi connectivity index (χ4v) is 5.96. The highest BCUT2D eigenvalue weighted by Crippen LogP contribution is 2.41. The lowest BCUT2D eigenvalue weighted by molar-refractivity contribution is -0.596. The van der Waals surface area contributed by atoms with Gasteiger partial charge in [-0.05, 0) is 73.6 Å². The maximum atomic E-state index is 13.8. The predicted octanol–water partition coefficient (Wildman–Crippen LogP) is 4.47. The van der Waals surface area contributed by atoms with Crippen molar-refractivity contribution in [3.8, 4) is 11.4 Å². The van der Waals surface area contributed by atoms with Gasteiger partial charge in [-0.1, -0.05) is 29.8 Å². The number of piperidine rings is 2. The number of hydrogen-bond donors (Lipinski definition) is 1. The number of imidazole rings is 1. The van der Waals surface area contributed by atoms with Gasteiger partial charge in [-0.3, -0.25) is 13.9 Å². The standard InChI is InChI=1S/C28H31ClN3O6P/c1-19-16-30(17-31(19)18-38-39(34,35)36)26-13-6-20(15-27(26)37-2)14-22-9-12-24-4-3-5-25(32(24)28(22)33)21-7-10-23(29)11-8-21/h6-8,10-11,13-17,24-25H,3-5,9,12,18H2,1-2H3,(H-,34,35,36)/t24-,25+/m1/s1. The fourth-order valence-electron chi connectivity index (χ4n) is 5.56. The lowest BCUT2D eigenvalue weighted by atomic mass is 9.84. The molecule has 3 atom stereocenters. The Balaban J connectivity index is 1.40. The second kappa shape index (κ2) is 11.3. The van der Waals surface area contributed by atoms with Crippen LogP contribution in [0.2, 0.25) is 5.02 Å². The summed E-state index contributed by atoms with van der Waals surface area (Å²) < 4.78 is 24.5. The average molecular weight is 572 g/mol. The molecule has 0 saturated carbocycles. The number of phosphoric ester groups is 1. The van der Waals surface area contributed by atoms with Gasteiger partial charge in [-0.25, -0.2) is 4.57 Å². The number of amides is 1. The van der Waals surface area contributed by atoms with Crippen LogP contribution >= 0.6 is 19.4 Å². The largest absolute Gasteiger partial charge is 0.756 e. The normalized spacial score (nSPS) is 22.0. The third-order valence-electron chi connectivity index (χ3n) is 7.48. The smallest absolute Gasteiger partial charge is 0.268 e. The molecular weight excluding hydrogens is 541 g/mol. The molecule has 2 aromatic carbocycles. The van der Waals surface area contributed by atoms with E-state index in [1.165, 1.54) is 0 Å². The third-order valence-corrected chi connectivity index (χ3v) is 8.17. The molecule has 1 N–H and O–H groups in total. The van der Waals surface area contributed by atoms with Gasteiger partial charge in [-0.2, -0.15) is 4.57 Å². The minimum absolute atomic E-state index is 0.0446. The van der Waals surface area contributed by atoms with Gasteiger partial charge in [0.25, 0.3) is 20.1 Å². The molecule has 1 unspecified atom stereocenters. The molecule has 2 aliphatic heterocycles. The van der Waals surface area contributed by atoms with E-state index in [2.05, 4.69) is 9.42 Å². The molecule has 0 spiro atoms. The summed E-state index contributed by atoms with van der Waals surface area (Å²) >= 11 is 6.11. The van der Waals surface area contributed by atoms with Crippen molar-refractivity contribution >= 4 is 31.4 Å². The SMILES string of the molecule is COc1cc(C=C2CC[C@H]3CCC[C@@H](c4ccc(Cl)cc4)N3C2=O)ccc1-[n+]1cc(C)n(COP(=O)([O-])O)c1. The van der Waals surface area contributed by atoms with Crippen molar-refractivity contribution < 1.29 is 33.0 Å². The summed E-state index contributed by atoms with van der Waals surface area (Å²) in [5.74, 6) is 0.665. The van der Waals surface area contributed by atoms with Gasteiger partial charge in [0, 0.05) is 23.6 Å². The van der Waals surface area contributed by atoms with Crippen LogP contribution in [0.4, 0.5) is 0 Å². The minimum atomic E-state index is -4.84. The van der Waals surface area contributed by atoms with E-state index in [-0.39, 0.29) is 24.7 Å². The summed E-state index contributed by atoms with van der Waals surface area (Å²) in [6.45, 7) is 1.44. The van der Waals surface area contributed by atoms with Crippen LogP contribution in [0.5, 0.6) is 5.75 Å². The van der Waals surface area contributed by atoms with Crippen molar-refractivity contribution in [2.24, 2.45) is 0 Å². The number of phosphoric acid groups is 1. The molecule has 11 heteroatoms. The van der Waals surface area contributed by atoms with Crippen LogP contribution in [0.25, 0.3) is 11.8 Å². The number of carbonyl (C=O) groups is 1. The highest BCUT2D eigenvalue weighted by atomic mass is 35.5. The van der Waals surface area contributed by atoms with E-state index in [4.69, 9.17) is 21.2 Å². The zero-order valence-electron chi connectivity index (χ0n) is 21.8. The number of carbonyl (C=O) groups excluding carboxylic acids is 1. The van der Waals surface area contributed by atoms with Gasteiger partial charge in [0.2, 0.25) is 0 Å². The topological polar surface area (TPSA) is 108 Å². The van der Waals surface area contributed by atoms with Gasteiger partial charge in [0.15, 0.2) is 18.2 Å². The Kier molecular flexibility index (Phi) is 7.99. The van der Waals surface area contributed by atoms with Crippen molar-refractivity contribution in [3.05, 3.63) is 82.4 Å². The van der Waals surface area contributed by atoms with E-state index < -0.39 is 7.82 Å². The van der Waals surface area contributed by atoms with Crippen molar-refractivity contribution in [2.45, 2.75) is 57.8 Å². The summed E-state index contributed by atoms with van der Waals surface area (Å²) in [4.78, 5) is 35.7.